The molecule has 2 aromatic heterocycles. The van der Waals surface area contributed by atoms with E-state index < -0.39 is 0 Å². The fourth-order valence-electron chi connectivity index (χ4n) is 7.18. The number of thiophene rings is 1. The van der Waals surface area contributed by atoms with Crippen molar-refractivity contribution < 1.29 is 0 Å². The summed E-state index contributed by atoms with van der Waals surface area (Å²) < 4.78 is 5.19. The second kappa shape index (κ2) is 8.05. The number of allylic oxidation sites excluding steroid dienone is 4. The van der Waals surface area contributed by atoms with E-state index in [4.69, 9.17) is 0 Å². The lowest BCUT2D eigenvalue weighted by Gasteiger charge is -2.14. The standard InChI is InChI=1S/C37H25NS/c1-2-11-24-23(10-1)22-31-25(24)14-7-15-26(31)29-16-8-17-30-36-34(20-9-21-35(36)39-37(29)30)38-32-18-5-3-12-27(32)28-13-4-6-19-33(28)38/h1-10,12-21,24H,11,22H2. The number of para-hydroxylation sites is 2. The van der Waals surface area contributed by atoms with Crippen LogP contribution in [0.4, 0.5) is 0 Å². The molecule has 0 saturated carbocycles. The summed E-state index contributed by atoms with van der Waals surface area (Å²) in [5, 5.41) is 5.30. The van der Waals surface area contributed by atoms with E-state index in [0.717, 1.165) is 12.8 Å². The summed E-state index contributed by atoms with van der Waals surface area (Å²) in [6, 6.07) is 38.3. The molecule has 0 radical (unpaired) electrons. The average Bonchev–Trinajstić information content (AvgIpc) is 3.67. The van der Waals surface area contributed by atoms with Crippen molar-refractivity contribution in [2.45, 2.75) is 18.8 Å². The van der Waals surface area contributed by atoms with E-state index in [1.807, 2.05) is 11.3 Å². The molecule has 0 amide bonds. The van der Waals surface area contributed by atoms with Crippen LogP contribution < -0.4 is 0 Å². The van der Waals surface area contributed by atoms with Crippen molar-refractivity contribution in [2.75, 3.05) is 0 Å². The molecule has 2 aliphatic rings. The van der Waals surface area contributed by atoms with Crippen molar-refractivity contribution in [3.05, 3.63) is 138 Å². The highest BCUT2D eigenvalue weighted by Crippen LogP contribution is 2.49. The van der Waals surface area contributed by atoms with Crippen LogP contribution in [0.3, 0.4) is 0 Å². The van der Waals surface area contributed by atoms with Gasteiger partial charge in [-0.3, -0.25) is 0 Å². The first kappa shape index (κ1) is 21.5. The molecule has 9 rings (SSSR count). The molecular formula is C37H25NS. The molecular weight excluding hydrogens is 490 g/mol. The van der Waals surface area contributed by atoms with Gasteiger partial charge in [0.1, 0.15) is 0 Å². The van der Waals surface area contributed by atoms with Crippen LogP contribution in [-0.2, 0) is 6.42 Å². The first-order valence-corrected chi connectivity index (χ1v) is 14.6. The number of fused-ring (bicyclic) bond motifs is 9. The van der Waals surface area contributed by atoms with Crippen LogP contribution in [0.2, 0.25) is 0 Å². The van der Waals surface area contributed by atoms with Crippen molar-refractivity contribution in [2.24, 2.45) is 0 Å². The number of benzene rings is 5. The SMILES string of the molecule is C1=CCC2C(=C1)Cc1c(-c3cccc4c3sc3cccc(-n5c6ccccc6c6ccccc65)c34)cccc12. The van der Waals surface area contributed by atoms with Gasteiger partial charge in [-0.05, 0) is 59.4 Å². The normalized spacial score (nSPS) is 16.3. The highest BCUT2D eigenvalue weighted by molar-refractivity contribution is 7.26. The maximum atomic E-state index is 2.47. The predicted octanol–water partition coefficient (Wildman–Crippen LogP) is 10.3. The number of hydrogen-bond donors (Lipinski definition) is 0. The van der Waals surface area contributed by atoms with Crippen molar-refractivity contribution in [1.82, 2.24) is 4.57 Å². The molecule has 0 bridgehead atoms. The Morgan fingerprint density at radius 3 is 2.23 bits per heavy atom. The van der Waals surface area contributed by atoms with Crippen molar-refractivity contribution in [1.29, 1.82) is 0 Å². The lowest BCUT2D eigenvalue weighted by Crippen LogP contribution is -1.97. The molecule has 2 heteroatoms. The number of rotatable bonds is 2. The summed E-state index contributed by atoms with van der Waals surface area (Å²) in [5.41, 5.74) is 11.1. The maximum absolute atomic E-state index is 2.47. The largest absolute Gasteiger partial charge is 0.309 e. The third-order valence-corrected chi connectivity index (χ3v) is 10.1. The minimum atomic E-state index is 0.550. The Labute approximate surface area is 230 Å². The van der Waals surface area contributed by atoms with Crippen LogP contribution in [0.25, 0.3) is 58.8 Å². The molecule has 0 N–H and O–H groups in total. The molecule has 0 spiro atoms. The van der Waals surface area contributed by atoms with Crippen LogP contribution in [0.15, 0.2) is 127 Å². The van der Waals surface area contributed by atoms with Crippen LogP contribution in [0, 0.1) is 0 Å². The van der Waals surface area contributed by atoms with Gasteiger partial charge in [-0.2, -0.15) is 0 Å². The van der Waals surface area contributed by atoms with E-state index in [2.05, 4.69) is 126 Å². The summed E-state index contributed by atoms with van der Waals surface area (Å²) in [5.74, 6) is 0.550. The molecule has 5 aromatic carbocycles. The van der Waals surface area contributed by atoms with Crippen molar-refractivity contribution in [3.8, 4) is 16.8 Å². The maximum Gasteiger partial charge on any atom is 0.0555 e. The van der Waals surface area contributed by atoms with Gasteiger partial charge in [-0.1, -0.05) is 103 Å². The summed E-state index contributed by atoms with van der Waals surface area (Å²) in [6.07, 6.45) is 9.08. The van der Waals surface area contributed by atoms with E-state index in [-0.39, 0.29) is 0 Å². The quantitative estimate of drug-likeness (QED) is 0.216. The molecule has 39 heavy (non-hydrogen) atoms. The van der Waals surface area contributed by atoms with E-state index in [1.54, 1.807) is 5.57 Å². The molecule has 0 aliphatic heterocycles. The topological polar surface area (TPSA) is 4.93 Å². The van der Waals surface area contributed by atoms with Crippen LogP contribution in [-0.4, -0.2) is 4.57 Å². The molecule has 1 unspecified atom stereocenters. The van der Waals surface area contributed by atoms with Gasteiger partial charge in [0, 0.05) is 36.9 Å². The van der Waals surface area contributed by atoms with Crippen molar-refractivity contribution >= 4 is 53.3 Å². The zero-order chi connectivity index (χ0) is 25.5. The summed E-state index contributed by atoms with van der Waals surface area (Å²) in [6.45, 7) is 0. The monoisotopic (exact) mass is 515 g/mol. The number of aromatic nitrogens is 1. The van der Waals surface area contributed by atoms with Gasteiger partial charge in [0.15, 0.2) is 0 Å². The first-order chi connectivity index (χ1) is 19.4. The summed E-state index contributed by atoms with van der Waals surface area (Å²) >= 11 is 1.94. The molecule has 1 nitrogen and oxygen atoms in total. The average molecular weight is 516 g/mol. The number of hydrogen-bond acceptors (Lipinski definition) is 1. The van der Waals surface area contributed by atoms with Crippen LogP contribution in [0.5, 0.6) is 0 Å². The zero-order valence-corrected chi connectivity index (χ0v) is 22.2. The fraction of sp³-hybridized carbons (Fsp3) is 0.0811. The lowest BCUT2D eigenvalue weighted by atomic mass is 9.90. The van der Waals surface area contributed by atoms with E-state index in [0.29, 0.717) is 5.92 Å². The Morgan fingerprint density at radius 1 is 0.667 bits per heavy atom. The van der Waals surface area contributed by atoms with Gasteiger partial charge in [-0.25, -0.2) is 0 Å². The smallest absolute Gasteiger partial charge is 0.0555 e. The molecule has 1 atom stereocenters. The summed E-state index contributed by atoms with van der Waals surface area (Å²) in [7, 11) is 0. The molecule has 2 heterocycles. The van der Waals surface area contributed by atoms with Crippen LogP contribution in [0.1, 0.15) is 23.5 Å². The Kier molecular flexibility index (Phi) is 4.44. The number of nitrogens with zero attached hydrogens (tertiary/aromatic N) is 1. The minimum Gasteiger partial charge on any atom is -0.309 e. The van der Waals surface area contributed by atoms with Gasteiger partial charge in [-0.15, -0.1) is 11.3 Å². The zero-order valence-electron chi connectivity index (χ0n) is 21.4. The van der Waals surface area contributed by atoms with E-state index >= 15 is 0 Å². The van der Waals surface area contributed by atoms with Gasteiger partial charge >= 0.3 is 0 Å². The molecule has 7 aromatic rings. The Bertz CT molecular complexity index is 2130. The molecule has 2 aliphatic carbocycles. The molecule has 0 saturated heterocycles. The third-order valence-electron chi connectivity index (χ3n) is 8.85. The lowest BCUT2D eigenvalue weighted by molar-refractivity contribution is 0.822. The Hall–Kier alpha value is -4.40. The van der Waals surface area contributed by atoms with Gasteiger partial charge in [0.05, 0.1) is 16.7 Å². The van der Waals surface area contributed by atoms with E-state index in [1.165, 1.54) is 69.9 Å². The second-order valence-electron chi connectivity index (χ2n) is 10.8. The highest BCUT2D eigenvalue weighted by atomic mass is 32.1. The van der Waals surface area contributed by atoms with Crippen LogP contribution >= 0.6 is 11.3 Å². The van der Waals surface area contributed by atoms with Gasteiger partial charge < -0.3 is 4.57 Å². The first-order valence-electron chi connectivity index (χ1n) is 13.8. The third kappa shape index (κ3) is 2.95. The van der Waals surface area contributed by atoms with E-state index in [9.17, 15) is 0 Å². The predicted molar refractivity (Wildman–Crippen MR) is 167 cm³/mol. The molecule has 184 valence electrons. The minimum absolute atomic E-state index is 0.550. The van der Waals surface area contributed by atoms with Gasteiger partial charge in [0.25, 0.3) is 0 Å². The summed E-state index contributed by atoms with van der Waals surface area (Å²) in [4.78, 5) is 0. The second-order valence-corrected chi connectivity index (χ2v) is 11.9. The highest BCUT2D eigenvalue weighted by Gasteiger charge is 2.30. The Balaban J connectivity index is 1.33. The molecule has 0 fully saturated rings. The Morgan fingerprint density at radius 2 is 1.38 bits per heavy atom. The fourth-order valence-corrected chi connectivity index (χ4v) is 8.43. The van der Waals surface area contributed by atoms with Gasteiger partial charge in [0.2, 0.25) is 0 Å². The van der Waals surface area contributed by atoms with Crippen molar-refractivity contribution in [3.63, 3.8) is 0 Å².